The average molecular weight is 690 g/mol. The highest BCUT2D eigenvalue weighted by atomic mass is 35.5. The highest BCUT2D eigenvalue weighted by Gasteiger charge is 2.38. The fourth-order valence-corrected chi connectivity index (χ4v) is 5.42. The molecule has 8 nitrogen and oxygen atoms in total. The lowest BCUT2D eigenvalue weighted by Crippen LogP contribution is -2.48. The van der Waals surface area contributed by atoms with E-state index in [-0.39, 0.29) is 11.7 Å². The van der Waals surface area contributed by atoms with Gasteiger partial charge in [-0.2, -0.15) is 13.2 Å². The predicted molar refractivity (Wildman–Crippen MR) is 174 cm³/mol. The summed E-state index contributed by atoms with van der Waals surface area (Å²) < 4.78 is 31.7. The quantitative estimate of drug-likeness (QED) is 0.232. The second kappa shape index (κ2) is 16.2. The number of aromatic nitrogens is 1. The van der Waals surface area contributed by atoms with Gasteiger partial charge < -0.3 is 15.7 Å². The zero-order valence-corrected chi connectivity index (χ0v) is 26.9. The van der Waals surface area contributed by atoms with Crippen molar-refractivity contribution in [2.24, 2.45) is 5.92 Å². The van der Waals surface area contributed by atoms with Crippen molar-refractivity contribution in [2.45, 2.75) is 38.7 Å². The number of Topliss-reactive ketones (excluding diaryl/α,β-unsaturated/α-hetero) is 1. The molecule has 1 fully saturated rings. The van der Waals surface area contributed by atoms with Crippen LogP contribution in [-0.2, 0) is 22.7 Å². The van der Waals surface area contributed by atoms with Gasteiger partial charge in [0.1, 0.15) is 0 Å². The third-order valence-corrected chi connectivity index (χ3v) is 8.17. The lowest BCUT2D eigenvalue weighted by molar-refractivity contribution is -0.192. The Bertz CT molecular complexity index is 1680. The number of alkyl halides is 3. The van der Waals surface area contributed by atoms with Crippen molar-refractivity contribution in [3.63, 3.8) is 0 Å². The largest absolute Gasteiger partial charge is 0.490 e. The summed E-state index contributed by atoms with van der Waals surface area (Å²) in [7, 11) is 0. The van der Waals surface area contributed by atoms with E-state index in [0.717, 1.165) is 48.7 Å². The maximum Gasteiger partial charge on any atom is 0.490 e. The molecule has 1 aliphatic carbocycles. The number of pyridine rings is 1. The molecule has 3 aromatic rings. The van der Waals surface area contributed by atoms with Crippen LogP contribution < -0.4 is 10.6 Å². The maximum absolute atomic E-state index is 13.0. The number of nitrogens with one attached hydrogen (secondary N) is 2. The molecule has 2 aromatic carbocycles. The van der Waals surface area contributed by atoms with Crippen LogP contribution in [0.4, 0.5) is 13.2 Å². The summed E-state index contributed by atoms with van der Waals surface area (Å²) in [6.45, 7) is 6.42. The Labute approximate surface area is 280 Å². The van der Waals surface area contributed by atoms with Gasteiger partial charge in [0.25, 0.3) is 5.91 Å². The number of carbonyl (C=O) groups is 3. The summed E-state index contributed by atoms with van der Waals surface area (Å²) in [6.07, 6.45) is 0.789. The molecule has 2 atom stereocenters. The van der Waals surface area contributed by atoms with E-state index in [1.807, 2.05) is 30.3 Å². The first-order valence-corrected chi connectivity index (χ1v) is 15.5. The van der Waals surface area contributed by atoms with Crippen molar-refractivity contribution in [1.82, 2.24) is 20.5 Å². The molecule has 0 spiro atoms. The van der Waals surface area contributed by atoms with Crippen LogP contribution in [0.5, 0.6) is 0 Å². The van der Waals surface area contributed by atoms with E-state index in [2.05, 4.69) is 40.7 Å². The van der Waals surface area contributed by atoms with Gasteiger partial charge in [0, 0.05) is 61.4 Å². The molecule has 1 unspecified atom stereocenters. The molecule has 13 heteroatoms. The van der Waals surface area contributed by atoms with Crippen LogP contribution in [0.3, 0.4) is 0 Å². The number of aliphatic carboxylic acids is 1. The van der Waals surface area contributed by atoms with Crippen LogP contribution in [0.1, 0.15) is 35.0 Å². The molecule has 1 aliphatic heterocycles. The highest BCUT2D eigenvalue weighted by Crippen LogP contribution is 2.27. The molecule has 0 saturated carbocycles. The highest BCUT2D eigenvalue weighted by molar-refractivity contribution is 6.42. The van der Waals surface area contributed by atoms with E-state index in [4.69, 9.17) is 38.1 Å². The number of benzene rings is 2. The summed E-state index contributed by atoms with van der Waals surface area (Å²) in [6, 6.07) is 19.5. The molecule has 47 heavy (non-hydrogen) atoms. The number of carboxylic acid groups (broad SMARTS) is 1. The van der Waals surface area contributed by atoms with Crippen LogP contribution in [0.2, 0.25) is 10.0 Å². The molecule has 1 amide bonds. The number of carboxylic acids is 1. The maximum atomic E-state index is 13.0. The lowest BCUT2D eigenvalue weighted by Gasteiger charge is -2.31. The molecular formula is C34H33Cl2F3N4O4. The molecular weight excluding hydrogens is 656 g/mol. The van der Waals surface area contributed by atoms with E-state index in [0.29, 0.717) is 40.2 Å². The van der Waals surface area contributed by atoms with Gasteiger partial charge in [-0.15, -0.1) is 0 Å². The minimum absolute atomic E-state index is 0.0953. The number of rotatable bonds is 8. The van der Waals surface area contributed by atoms with Crippen molar-refractivity contribution in [3.05, 3.63) is 111 Å². The number of halogens is 5. The van der Waals surface area contributed by atoms with Crippen LogP contribution in [-0.4, -0.2) is 64.5 Å². The van der Waals surface area contributed by atoms with E-state index in [9.17, 15) is 22.8 Å². The smallest absolute Gasteiger partial charge is 0.475 e. The first-order valence-electron chi connectivity index (χ1n) is 14.8. The van der Waals surface area contributed by atoms with E-state index in [1.54, 1.807) is 30.4 Å². The molecule has 0 radical (unpaired) electrons. The SMILES string of the molecule is C[C@H]1CN(Cc2cccc(-c3cccc(CNC(=O)C4=CC(C(=O)c5ccc(Cl)c(Cl)c5)CC=C4)c3)n2)CCN1.O=C(O)C(F)(F)F. The first kappa shape index (κ1) is 35.8. The molecule has 0 bridgehead atoms. The second-order valence-corrected chi connectivity index (χ2v) is 12.0. The third kappa shape index (κ3) is 10.5. The Morgan fingerprint density at radius 3 is 2.51 bits per heavy atom. The standard InChI is InChI=1S/C32H32Cl2N4O2.C2HF3O2/c1-21-19-38(14-13-35-21)20-27-9-4-10-30(37-27)23-6-2-5-22(15-23)18-36-32(40)26-8-3-7-24(16-26)31(39)25-11-12-28(33)29(34)17-25;3-2(4,5)1(6)7/h2-6,8-12,15-17,21,24,35H,7,13-14,18-20H2,1H3,(H,36,40);(H,6,7)/t21-,24?;/m0./s1. The van der Waals surface area contributed by atoms with Crippen molar-refractivity contribution in [2.75, 3.05) is 19.6 Å². The molecule has 248 valence electrons. The summed E-state index contributed by atoms with van der Waals surface area (Å²) in [4.78, 5) is 42.2. The average Bonchev–Trinajstić information content (AvgIpc) is 3.05. The summed E-state index contributed by atoms with van der Waals surface area (Å²) >= 11 is 12.1. The number of nitrogens with zero attached hydrogens (tertiary/aromatic N) is 2. The van der Waals surface area contributed by atoms with Gasteiger partial charge in [-0.05, 0) is 55.3 Å². The molecule has 5 rings (SSSR count). The topological polar surface area (TPSA) is 112 Å². The van der Waals surface area contributed by atoms with Gasteiger partial charge in [-0.25, -0.2) is 4.79 Å². The minimum Gasteiger partial charge on any atom is -0.475 e. The van der Waals surface area contributed by atoms with E-state index in [1.165, 1.54) is 0 Å². The second-order valence-electron chi connectivity index (χ2n) is 11.2. The molecule has 1 saturated heterocycles. The fraction of sp³-hybridized carbons (Fsp3) is 0.294. The zero-order chi connectivity index (χ0) is 34.1. The number of hydrogen-bond acceptors (Lipinski definition) is 6. The Kier molecular flexibility index (Phi) is 12.3. The van der Waals surface area contributed by atoms with Crippen LogP contribution in [0.15, 0.2) is 84.5 Å². The van der Waals surface area contributed by atoms with Crippen molar-refractivity contribution in [3.8, 4) is 11.3 Å². The van der Waals surface area contributed by atoms with Gasteiger partial charge in [-0.1, -0.05) is 65.7 Å². The van der Waals surface area contributed by atoms with Crippen molar-refractivity contribution < 1.29 is 32.7 Å². The van der Waals surface area contributed by atoms with Crippen LogP contribution in [0, 0.1) is 5.92 Å². The monoisotopic (exact) mass is 688 g/mol. The lowest BCUT2D eigenvalue weighted by atomic mass is 9.89. The summed E-state index contributed by atoms with van der Waals surface area (Å²) in [5.74, 6) is -3.51. The number of amides is 1. The zero-order valence-electron chi connectivity index (χ0n) is 25.4. The van der Waals surface area contributed by atoms with E-state index < -0.39 is 18.1 Å². The van der Waals surface area contributed by atoms with Crippen LogP contribution >= 0.6 is 23.2 Å². The Morgan fingerprint density at radius 2 is 1.81 bits per heavy atom. The fourth-order valence-electron chi connectivity index (χ4n) is 5.12. The number of hydrogen-bond donors (Lipinski definition) is 3. The van der Waals surface area contributed by atoms with Gasteiger partial charge in [0.15, 0.2) is 5.78 Å². The van der Waals surface area contributed by atoms with Gasteiger partial charge in [-0.3, -0.25) is 19.5 Å². The van der Waals surface area contributed by atoms with Crippen molar-refractivity contribution >= 4 is 40.9 Å². The van der Waals surface area contributed by atoms with Gasteiger partial charge in [0.2, 0.25) is 0 Å². The Balaban J connectivity index is 0.000000644. The van der Waals surface area contributed by atoms with Gasteiger partial charge in [0.05, 0.1) is 21.4 Å². The molecule has 1 aromatic heterocycles. The molecule has 2 aliphatic rings. The van der Waals surface area contributed by atoms with Gasteiger partial charge >= 0.3 is 12.1 Å². The Hall–Kier alpha value is -4.03. The Morgan fingerprint density at radius 1 is 1.06 bits per heavy atom. The summed E-state index contributed by atoms with van der Waals surface area (Å²) in [5.41, 5.74) is 4.88. The minimum atomic E-state index is -5.08. The number of piperazine rings is 1. The molecule has 3 N–H and O–H groups in total. The third-order valence-electron chi connectivity index (χ3n) is 7.43. The number of ketones is 1. The molecule has 2 heterocycles. The normalized spacial score (nSPS) is 18.0. The summed E-state index contributed by atoms with van der Waals surface area (Å²) in [5, 5.41) is 14.3. The van der Waals surface area contributed by atoms with Crippen LogP contribution in [0.25, 0.3) is 11.3 Å². The van der Waals surface area contributed by atoms with E-state index >= 15 is 0 Å². The predicted octanol–water partition coefficient (Wildman–Crippen LogP) is 6.48. The number of allylic oxidation sites excluding steroid dienone is 2. The first-order chi connectivity index (χ1) is 22.3. The number of carbonyl (C=O) groups excluding carboxylic acids is 2. The van der Waals surface area contributed by atoms with Crippen molar-refractivity contribution in [1.29, 1.82) is 0 Å².